The molecule has 0 unspecified atom stereocenters. The van der Waals surface area contributed by atoms with Gasteiger partial charge in [0.2, 0.25) is 0 Å². The lowest BCUT2D eigenvalue weighted by Crippen LogP contribution is -2.38. The molecule has 0 radical (unpaired) electrons. The number of nitrogens with zero attached hydrogens (tertiary/aromatic N) is 1. The Kier molecular flexibility index (Phi) is 9.52. The van der Waals surface area contributed by atoms with Crippen molar-refractivity contribution in [1.82, 2.24) is 10.6 Å². The SMILES string of the molecule is CNCO[C@@H]1Cc2c3c(c4c(c2O[C@@H]1c1ccc(O)c(OCCO)c1)CC[C@H](CO)O4)-c1ccc(O)c2c1[C@H](C3)[C@@H](c1ccc3c(c1)=CCN=3)C(CNC)=C2. The first-order chi connectivity index (χ1) is 26.9. The molecule has 0 fully saturated rings. The molecule has 3 heterocycles. The molecule has 2 aliphatic carbocycles. The standard InChI is InChI=1S/C44H47N3O8/c1-45-20-26-16-32-35(50)10-7-28-40(32)33(39(26)24-3-8-34-23(15-24)11-12-47-34)18-30-31-19-38(53-22-46-2)42(25-4-9-36(51)37(17-25)52-14-13-48)55-43(31)29-6-5-27(21-49)54-44(29)41(28)30/h3-4,7-11,15-17,27,33,38-39,42,45-46,48-51H,5-6,12-14,18-22H2,1-2H3/t27-,33-,38-,39+,42-/m1/s1. The Balaban J connectivity index is 1.25. The van der Waals surface area contributed by atoms with Crippen molar-refractivity contribution in [2.45, 2.75) is 55.8 Å². The lowest BCUT2D eigenvalue weighted by molar-refractivity contribution is -0.0436. The van der Waals surface area contributed by atoms with Gasteiger partial charge in [-0.1, -0.05) is 24.3 Å². The molecular formula is C44H47N3O8. The van der Waals surface area contributed by atoms with Crippen LogP contribution in [0.25, 0.3) is 23.3 Å². The molecule has 286 valence electrons. The average Bonchev–Trinajstić information content (AvgIpc) is 3.68. The molecule has 11 nitrogen and oxygen atoms in total. The van der Waals surface area contributed by atoms with E-state index in [0.29, 0.717) is 45.5 Å². The highest BCUT2D eigenvalue weighted by Crippen LogP contribution is 2.60. The van der Waals surface area contributed by atoms with Gasteiger partial charge in [-0.15, -0.1) is 0 Å². The van der Waals surface area contributed by atoms with Crippen LogP contribution >= 0.6 is 0 Å². The van der Waals surface area contributed by atoms with Gasteiger partial charge in [-0.25, -0.2) is 0 Å². The zero-order valence-electron chi connectivity index (χ0n) is 31.1. The number of ether oxygens (including phenoxy) is 4. The molecule has 0 saturated heterocycles. The molecule has 0 saturated carbocycles. The predicted octanol–water partition coefficient (Wildman–Crippen LogP) is 3.51. The number of fused-ring (bicyclic) bond motifs is 8. The summed E-state index contributed by atoms with van der Waals surface area (Å²) in [4.78, 5) is 4.66. The van der Waals surface area contributed by atoms with E-state index in [1.54, 1.807) is 18.2 Å². The molecule has 5 atom stereocenters. The summed E-state index contributed by atoms with van der Waals surface area (Å²) >= 11 is 0. The number of hydrogen-bond donors (Lipinski definition) is 6. The fourth-order valence-electron chi connectivity index (χ4n) is 9.52. The van der Waals surface area contributed by atoms with Crippen molar-refractivity contribution >= 4 is 12.2 Å². The summed E-state index contributed by atoms with van der Waals surface area (Å²) in [6.45, 7) is 1.40. The number of rotatable bonds is 11. The van der Waals surface area contributed by atoms with E-state index in [2.05, 4.69) is 46.0 Å². The van der Waals surface area contributed by atoms with Crippen molar-refractivity contribution < 1.29 is 39.4 Å². The highest BCUT2D eigenvalue weighted by molar-refractivity contribution is 5.89. The zero-order chi connectivity index (χ0) is 37.8. The Morgan fingerprint density at radius 1 is 0.891 bits per heavy atom. The van der Waals surface area contributed by atoms with Gasteiger partial charge in [-0.3, -0.25) is 10.3 Å². The van der Waals surface area contributed by atoms with Crippen LogP contribution in [0.1, 0.15) is 63.3 Å². The van der Waals surface area contributed by atoms with Crippen LogP contribution in [0.4, 0.5) is 0 Å². The molecule has 55 heavy (non-hydrogen) atoms. The minimum absolute atomic E-state index is 0.00792. The lowest BCUT2D eigenvalue weighted by Gasteiger charge is -2.44. The minimum Gasteiger partial charge on any atom is -0.507 e. The number of nitrogens with one attached hydrogen (secondary N) is 2. The second kappa shape index (κ2) is 14.6. The summed E-state index contributed by atoms with van der Waals surface area (Å²) in [6, 6.07) is 15.6. The second-order valence-electron chi connectivity index (χ2n) is 15.0. The van der Waals surface area contributed by atoms with E-state index >= 15 is 0 Å². The summed E-state index contributed by atoms with van der Waals surface area (Å²) in [6.07, 6.45) is 5.56. The number of aliphatic hydroxyl groups is 2. The minimum atomic E-state index is -0.546. The lowest BCUT2D eigenvalue weighted by atomic mass is 9.63. The topological polar surface area (TPSA) is 154 Å². The molecule has 6 N–H and O–H groups in total. The molecule has 0 spiro atoms. The Bertz CT molecular complexity index is 2320. The summed E-state index contributed by atoms with van der Waals surface area (Å²) in [5, 5.41) is 50.5. The van der Waals surface area contributed by atoms with Crippen LogP contribution in [-0.2, 0) is 24.0 Å². The largest absolute Gasteiger partial charge is 0.507 e. The van der Waals surface area contributed by atoms with E-state index in [1.165, 1.54) is 11.1 Å². The first-order valence-electron chi connectivity index (χ1n) is 19.3. The van der Waals surface area contributed by atoms with Gasteiger partial charge in [0.1, 0.15) is 36.1 Å². The highest BCUT2D eigenvalue weighted by Gasteiger charge is 2.45. The summed E-state index contributed by atoms with van der Waals surface area (Å²) in [5.41, 5.74) is 10.3. The Hall–Kier alpha value is -4.91. The van der Waals surface area contributed by atoms with E-state index < -0.39 is 12.2 Å². The van der Waals surface area contributed by atoms with Crippen molar-refractivity contribution in [2.75, 3.05) is 53.7 Å². The predicted molar refractivity (Wildman–Crippen MR) is 208 cm³/mol. The van der Waals surface area contributed by atoms with Gasteiger partial charge in [-0.05, 0) is 114 Å². The van der Waals surface area contributed by atoms with Gasteiger partial charge in [-0.2, -0.15) is 0 Å². The molecular weight excluding hydrogens is 698 g/mol. The van der Waals surface area contributed by atoms with Crippen LogP contribution in [0, 0.1) is 0 Å². The van der Waals surface area contributed by atoms with Crippen molar-refractivity contribution in [2.24, 2.45) is 4.99 Å². The van der Waals surface area contributed by atoms with E-state index in [1.807, 2.05) is 26.2 Å². The van der Waals surface area contributed by atoms with Crippen molar-refractivity contribution in [3.05, 3.63) is 104 Å². The zero-order valence-corrected chi connectivity index (χ0v) is 31.1. The highest BCUT2D eigenvalue weighted by atomic mass is 16.6. The van der Waals surface area contributed by atoms with Gasteiger partial charge >= 0.3 is 0 Å². The van der Waals surface area contributed by atoms with Crippen molar-refractivity contribution in [3.8, 4) is 39.9 Å². The number of hydrogen-bond acceptors (Lipinski definition) is 11. The van der Waals surface area contributed by atoms with Crippen LogP contribution in [0.2, 0.25) is 0 Å². The van der Waals surface area contributed by atoms with Gasteiger partial charge < -0.3 is 44.7 Å². The molecule has 5 aliphatic rings. The quantitative estimate of drug-likeness (QED) is 0.126. The van der Waals surface area contributed by atoms with Crippen LogP contribution in [0.5, 0.6) is 28.7 Å². The number of aliphatic hydroxyl groups excluding tert-OH is 2. The molecule has 0 amide bonds. The van der Waals surface area contributed by atoms with Gasteiger partial charge in [0.05, 0.1) is 31.8 Å². The third-order valence-electron chi connectivity index (χ3n) is 11.8. The average molecular weight is 746 g/mol. The third-order valence-corrected chi connectivity index (χ3v) is 11.8. The second-order valence-corrected chi connectivity index (χ2v) is 15.0. The van der Waals surface area contributed by atoms with Crippen molar-refractivity contribution in [1.29, 1.82) is 0 Å². The first-order valence-corrected chi connectivity index (χ1v) is 19.3. The third kappa shape index (κ3) is 6.05. The molecule has 11 heteroatoms. The number of phenols is 2. The Labute approximate surface area is 319 Å². The van der Waals surface area contributed by atoms with Crippen LogP contribution < -0.4 is 35.4 Å². The number of likely N-dealkylation sites (N-methyl/N-ethyl adjacent to an activating group) is 1. The van der Waals surface area contributed by atoms with Gasteiger partial charge in [0.25, 0.3) is 0 Å². The fraction of sp³-hybridized carbons (Fsp3) is 0.386. The monoisotopic (exact) mass is 745 g/mol. The van der Waals surface area contributed by atoms with Crippen LogP contribution in [0.3, 0.4) is 0 Å². The molecule has 0 aromatic heterocycles. The summed E-state index contributed by atoms with van der Waals surface area (Å²) in [7, 11) is 3.80. The van der Waals surface area contributed by atoms with E-state index in [4.69, 9.17) is 18.9 Å². The maximum atomic E-state index is 11.5. The number of aromatic hydroxyl groups is 2. The van der Waals surface area contributed by atoms with Crippen LogP contribution in [-0.4, -0.2) is 86.4 Å². The Morgan fingerprint density at radius 3 is 2.56 bits per heavy atom. The molecule has 0 bridgehead atoms. The molecule has 3 aliphatic heterocycles. The summed E-state index contributed by atoms with van der Waals surface area (Å²) in [5.74, 6) is 2.01. The fourth-order valence-corrected chi connectivity index (χ4v) is 9.52. The number of benzene rings is 4. The first kappa shape index (κ1) is 35.8. The molecule has 9 rings (SSSR count). The van der Waals surface area contributed by atoms with E-state index in [0.717, 1.165) is 66.6 Å². The maximum absolute atomic E-state index is 11.5. The Morgan fingerprint density at radius 2 is 1.75 bits per heavy atom. The summed E-state index contributed by atoms with van der Waals surface area (Å²) < 4.78 is 26.1. The van der Waals surface area contributed by atoms with E-state index in [-0.39, 0.29) is 55.0 Å². The normalized spacial score (nSPS) is 22.7. The van der Waals surface area contributed by atoms with Gasteiger partial charge in [0, 0.05) is 41.1 Å². The molecule has 4 aromatic rings. The smallest absolute Gasteiger partial charge is 0.161 e. The number of phenolic OH excluding ortho intramolecular Hbond substituents is 2. The van der Waals surface area contributed by atoms with Crippen LogP contribution in [0.15, 0.2) is 59.1 Å². The van der Waals surface area contributed by atoms with Gasteiger partial charge in [0.15, 0.2) is 17.6 Å². The molecule has 4 aromatic carbocycles. The van der Waals surface area contributed by atoms with E-state index in [9.17, 15) is 20.4 Å². The maximum Gasteiger partial charge on any atom is 0.161 e. The van der Waals surface area contributed by atoms with Crippen molar-refractivity contribution in [3.63, 3.8) is 0 Å².